The predicted octanol–water partition coefficient (Wildman–Crippen LogP) is 0.291. The molecule has 0 amide bonds. The van der Waals surface area contributed by atoms with Crippen LogP contribution in [0.15, 0.2) is 0 Å². The molecule has 0 aliphatic rings. The normalized spacial score (nSPS) is 12.9. The monoisotopic (exact) mass is 235 g/mol. The SMILES string of the molecule is CCNC(COC)COCCOCCOC. The van der Waals surface area contributed by atoms with Crippen molar-refractivity contribution in [1.29, 1.82) is 0 Å². The highest BCUT2D eigenvalue weighted by molar-refractivity contribution is 4.63. The first kappa shape index (κ1) is 15.8. The molecule has 5 heteroatoms. The van der Waals surface area contributed by atoms with E-state index in [9.17, 15) is 0 Å². The zero-order valence-corrected chi connectivity index (χ0v) is 10.7. The molecule has 0 rings (SSSR count). The molecule has 1 atom stereocenters. The third-order valence-corrected chi connectivity index (χ3v) is 1.98. The molecular formula is C11H25NO4. The zero-order chi connectivity index (χ0) is 12.1. The van der Waals surface area contributed by atoms with E-state index in [-0.39, 0.29) is 6.04 Å². The Balaban J connectivity index is 3.25. The second-order valence-electron chi connectivity index (χ2n) is 3.39. The molecule has 0 saturated heterocycles. The predicted molar refractivity (Wildman–Crippen MR) is 62.9 cm³/mol. The summed E-state index contributed by atoms with van der Waals surface area (Å²) in [4.78, 5) is 0. The maximum atomic E-state index is 5.47. The van der Waals surface area contributed by atoms with E-state index in [1.807, 2.05) is 0 Å². The van der Waals surface area contributed by atoms with Crippen molar-refractivity contribution in [2.24, 2.45) is 0 Å². The number of ether oxygens (including phenoxy) is 4. The number of hydrogen-bond acceptors (Lipinski definition) is 5. The van der Waals surface area contributed by atoms with Gasteiger partial charge in [0, 0.05) is 14.2 Å². The van der Waals surface area contributed by atoms with Crippen molar-refractivity contribution in [3.63, 3.8) is 0 Å². The first-order chi connectivity index (χ1) is 7.85. The molecule has 1 unspecified atom stereocenters. The third-order valence-electron chi connectivity index (χ3n) is 1.98. The van der Waals surface area contributed by atoms with E-state index < -0.39 is 0 Å². The van der Waals surface area contributed by atoms with Crippen LogP contribution >= 0.6 is 0 Å². The highest BCUT2D eigenvalue weighted by atomic mass is 16.5. The van der Waals surface area contributed by atoms with E-state index >= 15 is 0 Å². The minimum Gasteiger partial charge on any atom is -0.383 e. The standard InChI is InChI=1S/C11H25NO4/c1-4-12-11(9-14-3)10-16-8-7-15-6-5-13-2/h11-12H,4-10H2,1-3H3. The summed E-state index contributed by atoms with van der Waals surface area (Å²) in [6.07, 6.45) is 0. The van der Waals surface area contributed by atoms with Gasteiger partial charge >= 0.3 is 0 Å². The van der Waals surface area contributed by atoms with E-state index in [0.717, 1.165) is 6.54 Å². The van der Waals surface area contributed by atoms with E-state index in [2.05, 4.69) is 12.2 Å². The molecule has 1 N–H and O–H groups in total. The number of rotatable bonds is 12. The molecule has 0 fully saturated rings. The summed E-state index contributed by atoms with van der Waals surface area (Å²) in [6.45, 7) is 6.76. The lowest BCUT2D eigenvalue weighted by molar-refractivity contribution is 0.0126. The maximum Gasteiger partial charge on any atom is 0.0701 e. The lowest BCUT2D eigenvalue weighted by Crippen LogP contribution is -2.37. The van der Waals surface area contributed by atoms with Gasteiger partial charge in [-0.2, -0.15) is 0 Å². The van der Waals surface area contributed by atoms with Crippen LogP contribution in [0.2, 0.25) is 0 Å². The summed E-state index contributed by atoms with van der Waals surface area (Å²) < 4.78 is 20.7. The van der Waals surface area contributed by atoms with Gasteiger partial charge in [0.1, 0.15) is 0 Å². The van der Waals surface area contributed by atoms with E-state index in [4.69, 9.17) is 18.9 Å². The van der Waals surface area contributed by atoms with Gasteiger partial charge in [-0.3, -0.25) is 0 Å². The van der Waals surface area contributed by atoms with E-state index in [1.165, 1.54) is 0 Å². The van der Waals surface area contributed by atoms with Crippen molar-refractivity contribution >= 4 is 0 Å². The van der Waals surface area contributed by atoms with Crippen LogP contribution in [-0.2, 0) is 18.9 Å². The molecule has 0 aromatic heterocycles. The second kappa shape index (κ2) is 12.9. The summed E-state index contributed by atoms with van der Waals surface area (Å²) in [5, 5.41) is 3.28. The lowest BCUT2D eigenvalue weighted by atomic mass is 10.3. The minimum atomic E-state index is 0.258. The fourth-order valence-electron chi connectivity index (χ4n) is 1.24. The Morgan fingerprint density at radius 2 is 1.56 bits per heavy atom. The van der Waals surface area contributed by atoms with Crippen molar-refractivity contribution in [3.8, 4) is 0 Å². The average molecular weight is 235 g/mol. The molecule has 0 aliphatic carbocycles. The lowest BCUT2D eigenvalue weighted by Gasteiger charge is -2.16. The number of nitrogens with one attached hydrogen (secondary N) is 1. The van der Waals surface area contributed by atoms with E-state index in [0.29, 0.717) is 39.6 Å². The fourth-order valence-corrected chi connectivity index (χ4v) is 1.24. The van der Waals surface area contributed by atoms with Crippen LogP contribution in [0.1, 0.15) is 6.92 Å². The van der Waals surface area contributed by atoms with Gasteiger partial charge < -0.3 is 24.3 Å². The Morgan fingerprint density at radius 1 is 0.875 bits per heavy atom. The van der Waals surface area contributed by atoms with Gasteiger partial charge in [-0.05, 0) is 6.54 Å². The average Bonchev–Trinajstić information content (AvgIpc) is 2.28. The Bertz CT molecular complexity index is 129. The largest absolute Gasteiger partial charge is 0.383 e. The molecule has 0 radical (unpaired) electrons. The second-order valence-corrected chi connectivity index (χ2v) is 3.39. The third kappa shape index (κ3) is 10.3. The Hall–Kier alpha value is -0.200. The van der Waals surface area contributed by atoms with Crippen LogP contribution in [-0.4, -0.2) is 66.4 Å². The fraction of sp³-hybridized carbons (Fsp3) is 1.00. The van der Waals surface area contributed by atoms with Crippen LogP contribution in [0.4, 0.5) is 0 Å². The molecule has 0 saturated carbocycles. The first-order valence-electron chi connectivity index (χ1n) is 5.71. The molecule has 0 spiro atoms. The number of methoxy groups -OCH3 is 2. The minimum absolute atomic E-state index is 0.258. The van der Waals surface area contributed by atoms with Crippen molar-refractivity contribution in [3.05, 3.63) is 0 Å². The van der Waals surface area contributed by atoms with Crippen molar-refractivity contribution in [2.75, 3.05) is 60.4 Å². The Labute approximate surface area is 98.4 Å². The molecule has 0 bridgehead atoms. The molecule has 5 nitrogen and oxygen atoms in total. The van der Waals surface area contributed by atoms with Crippen molar-refractivity contribution in [1.82, 2.24) is 5.32 Å². The quantitative estimate of drug-likeness (QED) is 0.493. The number of likely N-dealkylation sites (N-methyl/N-ethyl adjacent to an activating group) is 1. The highest BCUT2D eigenvalue weighted by Crippen LogP contribution is 1.88. The van der Waals surface area contributed by atoms with Gasteiger partial charge in [0.05, 0.1) is 45.7 Å². The van der Waals surface area contributed by atoms with Gasteiger partial charge in [0.15, 0.2) is 0 Å². The van der Waals surface area contributed by atoms with Crippen LogP contribution < -0.4 is 5.32 Å². The maximum absolute atomic E-state index is 5.47. The molecular weight excluding hydrogens is 210 g/mol. The summed E-state index contributed by atoms with van der Waals surface area (Å²) in [5.74, 6) is 0. The van der Waals surface area contributed by atoms with Crippen molar-refractivity contribution in [2.45, 2.75) is 13.0 Å². The summed E-state index contributed by atoms with van der Waals surface area (Å²) >= 11 is 0. The van der Waals surface area contributed by atoms with Gasteiger partial charge in [-0.15, -0.1) is 0 Å². The Kier molecular flexibility index (Phi) is 12.7. The Morgan fingerprint density at radius 3 is 2.19 bits per heavy atom. The molecule has 0 aromatic carbocycles. The molecule has 16 heavy (non-hydrogen) atoms. The van der Waals surface area contributed by atoms with Crippen LogP contribution in [0, 0.1) is 0 Å². The molecule has 0 heterocycles. The van der Waals surface area contributed by atoms with Gasteiger partial charge in [-0.25, -0.2) is 0 Å². The smallest absolute Gasteiger partial charge is 0.0701 e. The van der Waals surface area contributed by atoms with E-state index in [1.54, 1.807) is 14.2 Å². The summed E-state index contributed by atoms with van der Waals surface area (Å²) in [6, 6.07) is 0.258. The molecule has 98 valence electrons. The van der Waals surface area contributed by atoms with Crippen LogP contribution in [0.5, 0.6) is 0 Å². The zero-order valence-electron chi connectivity index (χ0n) is 10.7. The topological polar surface area (TPSA) is 49.0 Å². The van der Waals surface area contributed by atoms with Crippen LogP contribution in [0.3, 0.4) is 0 Å². The highest BCUT2D eigenvalue weighted by Gasteiger charge is 2.05. The van der Waals surface area contributed by atoms with Crippen LogP contribution in [0.25, 0.3) is 0 Å². The van der Waals surface area contributed by atoms with Gasteiger partial charge in [-0.1, -0.05) is 6.92 Å². The molecule has 0 aliphatic heterocycles. The van der Waals surface area contributed by atoms with Gasteiger partial charge in [0.2, 0.25) is 0 Å². The first-order valence-corrected chi connectivity index (χ1v) is 5.71. The van der Waals surface area contributed by atoms with Gasteiger partial charge in [0.25, 0.3) is 0 Å². The summed E-state index contributed by atoms with van der Waals surface area (Å²) in [7, 11) is 3.35. The number of hydrogen-bond donors (Lipinski definition) is 1. The van der Waals surface area contributed by atoms with Crippen molar-refractivity contribution < 1.29 is 18.9 Å². The molecule has 0 aromatic rings. The summed E-state index contributed by atoms with van der Waals surface area (Å²) in [5.41, 5.74) is 0.